The first-order chi connectivity index (χ1) is 14.5. The summed E-state index contributed by atoms with van der Waals surface area (Å²) in [5.41, 5.74) is 3.68. The summed E-state index contributed by atoms with van der Waals surface area (Å²) < 4.78 is 15.3. The van der Waals surface area contributed by atoms with Gasteiger partial charge in [0.05, 0.1) is 36.9 Å². The van der Waals surface area contributed by atoms with E-state index in [0.29, 0.717) is 29.4 Å². The highest BCUT2D eigenvalue weighted by atomic mass is 19.1. The highest BCUT2D eigenvalue weighted by molar-refractivity contribution is 5.90. The second-order valence-electron chi connectivity index (χ2n) is 7.62. The van der Waals surface area contributed by atoms with Gasteiger partial charge < -0.3 is 10.3 Å². The number of halogens is 1. The summed E-state index contributed by atoms with van der Waals surface area (Å²) in [7, 11) is 0. The quantitative estimate of drug-likeness (QED) is 0.535. The molecule has 0 amide bonds. The van der Waals surface area contributed by atoms with Gasteiger partial charge in [0, 0.05) is 29.4 Å². The number of pyridine rings is 1. The minimum Gasteiger partial charge on any atom is -0.348 e. The van der Waals surface area contributed by atoms with Gasteiger partial charge in [-0.2, -0.15) is 14.6 Å². The zero-order valence-corrected chi connectivity index (χ0v) is 16.4. The molecule has 1 aliphatic carbocycles. The smallest absolute Gasteiger partial charge is 0.228 e. The number of H-pyrrole nitrogens is 1. The van der Waals surface area contributed by atoms with Gasteiger partial charge in [0.15, 0.2) is 17.3 Å². The van der Waals surface area contributed by atoms with Crippen LogP contribution >= 0.6 is 0 Å². The number of carbonyl (C=O) groups is 1. The van der Waals surface area contributed by atoms with Crippen LogP contribution in [0.15, 0.2) is 31.0 Å². The number of fused-ring (bicyclic) bond motifs is 2. The molecule has 0 fully saturated rings. The van der Waals surface area contributed by atoms with Gasteiger partial charge in [-0.3, -0.25) is 9.78 Å². The third-order valence-corrected chi connectivity index (χ3v) is 5.23. The lowest BCUT2D eigenvalue weighted by atomic mass is 9.95. The number of nitrogens with zero attached hydrogens (tertiary/aromatic N) is 6. The molecule has 0 aromatic carbocycles. The maximum atomic E-state index is 13.7. The minimum absolute atomic E-state index is 0.0312. The highest BCUT2D eigenvalue weighted by Crippen LogP contribution is 2.26. The fourth-order valence-corrected chi connectivity index (χ4v) is 3.63. The summed E-state index contributed by atoms with van der Waals surface area (Å²) in [6.45, 7) is 4.08. The molecule has 0 saturated heterocycles. The number of hydrogen-bond acceptors (Lipinski definition) is 7. The molecular formula is C20H19FN8O. The van der Waals surface area contributed by atoms with E-state index in [9.17, 15) is 9.18 Å². The summed E-state index contributed by atoms with van der Waals surface area (Å²) in [6, 6.07) is 0.833. The van der Waals surface area contributed by atoms with Crippen LogP contribution < -0.4 is 5.32 Å². The van der Waals surface area contributed by atoms with E-state index in [-0.39, 0.29) is 18.1 Å². The van der Waals surface area contributed by atoms with E-state index in [0.717, 1.165) is 23.1 Å². The van der Waals surface area contributed by atoms with Crippen molar-refractivity contribution in [3.05, 3.63) is 53.8 Å². The number of aromatic amines is 1. The standard InChI is InChI=1S/C20H19FN8O/c1-10(2)13-8-25-29-19(13)27-18(11-3-12(21)7-22-6-11)28-20(29)26-16-4-14-15(5-17(16)30)24-9-23-14/h3,6-10,16H,4-5H2,1-2H3,(H,23,24)(H,26,27,28)/t16-/m1/s1. The third-order valence-electron chi connectivity index (χ3n) is 5.23. The molecule has 0 saturated carbocycles. The van der Waals surface area contributed by atoms with E-state index >= 15 is 0 Å². The van der Waals surface area contributed by atoms with Crippen molar-refractivity contribution in [3.63, 3.8) is 0 Å². The Balaban J connectivity index is 1.61. The van der Waals surface area contributed by atoms with Crippen LogP contribution in [0.1, 0.15) is 36.7 Å². The van der Waals surface area contributed by atoms with Crippen LogP contribution in [-0.2, 0) is 17.6 Å². The van der Waals surface area contributed by atoms with Gasteiger partial charge in [-0.25, -0.2) is 14.4 Å². The topological polar surface area (TPSA) is 114 Å². The summed E-state index contributed by atoms with van der Waals surface area (Å²) in [5, 5.41) is 7.64. The molecule has 1 aliphatic rings. The lowest BCUT2D eigenvalue weighted by molar-refractivity contribution is -0.119. The normalized spacial score (nSPS) is 16.3. The Bertz CT molecular complexity index is 1260. The van der Waals surface area contributed by atoms with Gasteiger partial charge in [-0.05, 0) is 12.0 Å². The van der Waals surface area contributed by atoms with Crippen molar-refractivity contribution in [3.8, 4) is 11.4 Å². The van der Waals surface area contributed by atoms with Crippen molar-refractivity contribution in [2.45, 2.75) is 38.6 Å². The van der Waals surface area contributed by atoms with Crippen LogP contribution in [0.4, 0.5) is 10.3 Å². The summed E-state index contributed by atoms with van der Waals surface area (Å²) in [6.07, 6.45) is 6.69. The minimum atomic E-state index is -0.496. The average Bonchev–Trinajstić information content (AvgIpc) is 3.34. The molecule has 1 atom stereocenters. The summed E-state index contributed by atoms with van der Waals surface area (Å²) >= 11 is 0. The van der Waals surface area contributed by atoms with E-state index in [2.05, 4.69) is 35.3 Å². The van der Waals surface area contributed by atoms with Crippen LogP contribution in [0.2, 0.25) is 0 Å². The maximum absolute atomic E-state index is 13.7. The molecule has 0 radical (unpaired) electrons. The lowest BCUT2D eigenvalue weighted by Gasteiger charge is -2.22. The van der Waals surface area contributed by atoms with Gasteiger partial charge in [-0.15, -0.1) is 0 Å². The average molecular weight is 406 g/mol. The van der Waals surface area contributed by atoms with Crippen molar-refractivity contribution >= 4 is 17.4 Å². The molecule has 30 heavy (non-hydrogen) atoms. The third kappa shape index (κ3) is 3.10. The number of carbonyl (C=O) groups excluding carboxylic acids is 1. The molecule has 0 unspecified atom stereocenters. The Labute approximate surface area is 170 Å². The number of aromatic nitrogens is 7. The molecule has 0 bridgehead atoms. The van der Waals surface area contributed by atoms with Gasteiger partial charge >= 0.3 is 0 Å². The van der Waals surface area contributed by atoms with Crippen LogP contribution in [0.3, 0.4) is 0 Å². The molecule has 9 nitrogen and oxygen atoms in total. The van der Waals surface area contributed by atoms with E-state index in [1.165, 1.54) is 12.3 Å². The first kappa shape index (κ1) is 18.3. The molecule has 4 aromatic heterocycles. The van der Waals surface area contributed by atoms with Crippen molar-refractivity contribution in [2.75, 3.05) is 5.32 Å². The van der Waals surface area contributed by atoms with Crippen molar-refractivity contribution in [2.24, 2.45) is 0 Å². The van der Waals surface area contributed by atoms with Gasteiger partial charge in [0.25, 0.3) is 0 Å². The SMILES string of the molecule is CC(C)c1cnn2c(N[C@@H]3Cc4nc[nH]c4CC3=O)nc(-c3cncc(F)c3)nc12. The first-order valence-electron chi connectivity index (χ1n) is 9.66. The van der Waals surface area contributed by atoms with Crippen molar-refractivity contribution < 1.29 is 9.18 Å². The van der Waals surface area contributed by atoms with Crippen LogP contribution in [-0.4, -0.2) is 46.4 Å². The van der Waals surface area contributed by atoms with Crippen LogP contribution in [0.25, 0.3) is 17.0 Å². The first-order valence-corrected chi connectivity index (χ1v) is 9.66. The van der Waals surface area contributed by atoms with Crippen LogP contribution in [0, 0.1) is 5.82 Å². The molecule has 5 rings (SSSR count). The maximum Gasteiger partial charge on any atom is 0.228 e. The molecule has 2 N–H and O–H groups in total. The monoisotopic (exact) mass is 406 g/mol. The zero-order valence-electron chi connectivity index (χ0n) is 16.4. The number of anilines is 1. The highest BCUT2D eigenvalue weighted by Gasteiger charge is 2.29. The second kappa shape index (κ2) is 6.97. The number of Topliss-reactive ketones (excluding diaryl/α,β-unsaturated/α-hetero) is 1. The molecule has 4 aromatic rings. The van der Waals surface area contributed by atoms with Crippen molar-refractivity contribution in [1.82, 2.24) is 34.5 Å². The predicted octanol–water partition coefficient (Wildman–Crippen LogP) is 2.32. The van der Waals surface area contributed by atoms with E-state index in [4.69, 9.17) is 0 Å². The number of nitrogens with one attached hydrogen (secondary N) is 2. The molecule has 0 aliphatic heterocycles. The van der Waals surface area contributed by atoms with Gasteiger partial charge in [0.1, 0.15) is 5.82 Å². The lowest BCUT2D eigenvalue weighted by Crippen LogP contribution is -2.38. The Kier molecular flexibility index (Phi) is 4.27. The second-order valence-corrected chi connectivity index (χ2v) is 7.62. The van der Waals surface area contributed by atoms with E-state index < -0.39 is 11.9 Å². The van der Waals surface area contributed by atoms with E-state index in [1.807, 2.05) is 13.8 Å². The molecular weight excluding hydrogens is 387 g/mol. The number of imidazole rings is 1. The summed E-state index contributed by atoms with van der Waals surface area (Å²) in [5.74, 6) is 0.401. The van der Waals surface area contributed by atoms with Crippen molar-refractivity contribution in [1.29, 1.82) is 0 Å². The molecule has 0 spiro atoms. The molecule has 4 heterocycles. The van der Waals surface area contributed by atoms with E-state index in [1.54, 1.807) is 17.0 Å². The Morgan fingerprint density at radius 1 is 1.27 bits per heavy atom. The fraction of sp³-hybridized carbons (Fsp3) is 0.300. The number of ketones is 1. The fourth-order valence-electron chi connectivity index (χ4n) is 3.63. The Morgan fingerprint density at radius 3 is 2.93 bits per heavy atom. The summed E-state index contributed by atoms with van der Waals surface area (Å²) in [4.78, 5) is 33.0. The molecule has 152 valence electrons. The van der Waals surface area contributed by atoms with Crippen LogP contribution in [0.5, 0.6) is 0 Å². The Hall–Kier alpha value is -3.69. The number of rotatable bonds is 4. The number of hydrogen-bond donors (Lipinski definition) is 2. The molecule has 10 heteroatoms. The van der Waals surface area contributed by atoms with Gasteiger partial charge in [0.2, 0.25) is 5.95 Å². The Morgan fingerprint density at radius 2 is 2.13 bits per heavy atom. The van der Waals surface area contributed by atoms with Gasteiger partial charge in [-0.1, -0.05) is 13.8 Å². The largest absolute Gasteiger partial charge is 0.348 e. The predicted molar refractivity (Wildman–Crippen MR) is 106 cm³/mol. The zero-order chi connectivity index (χ0) is 20.8.